The molecule has 2 heterocycles. The van der Waals surface area contributed by atoms with Gasteiger partial charge < -0.3 is 20.3 Å². The van der Waals surface area contributed by atoms with Crippen molar-refractivity contribution in [2.24, 2.45) is 10.9 Å². The molecule has 4 rings (SSSR count). The van der Waals surface area contributed by atoms with Crippen LogP contribution in [0.5, 0.6) is 5.75 Å². The summed E-state index contributed by atoms with van der Waals surface area (Å²) in [5.74, 6) is 2.50. The summed E-state index contributed by atoms with van der Waals surface area (Å²) in [4.78, 5) is 6.83. The Morgan fingerprint density at radius 3 is 2.67 bits per heavy atom. The lowest BCUT2D eigenvalue weighted by molar-refractivity contribution is 0.235. The maximum atomic E-state index is 5.99. The summed E-state index contributed by atoms with van der Waals surface area (Å²) >= 11 is 0. The maximum absolute atomic E-state index is 5.99. The zero-order valence-corrected chi connectivity index (χ0v) is 15.9. The predicted octanol–water partition coefficient (Wildman–Crippen LogP) is 2.68. The molecule has 5 nitrogen and oxygen atoms in total. The molecule has 0 spiro atoms. The monoisotopic (exact) mass is 364 g/mol. The summed E-state index contributed by atoms with van der Waals surface area (Å²) in [6, 6.07) is 18.9. The Morgan fingerprint density at radius 2 is 1.85 bits per heavy atom. The molecule has 0 aliphatic carbocycles. The second-order valence-corrected chi connectivity index (χ2v) is 7.32. The van der Waals surface area contributed by atoms with E-state index < -0.39 is 0 Å². The molecule has 2 unspecified atom stereocenters. The normalized spacial score (nSPS) is 21.7. The van der Waals surface area contributed by atoms with Gasteiger partial charge in [-0.25, -0.2) is 0 Å². The van der Waals surface area contributed by atoms with Crippen molar-refractivity contribution in [3.8, 4) is 5.75 Å². The second kappa shape index (κ2) is 8.33. The summed E-state index contributed by atoms with van der Waals surface area (Å²) in [5, 5.41) is 6.90. The number of rotatable bonds is 5. The average molecular weight is 364 g/mol. The van der Waals surface area contributed by atoms with Crippen LogP contribution in [-0.4, -0.2) is 45.3 Å². The number of ether oxygens (including phenoxy) is 1. The Bertz CT molecular complexity index is 752. The van der Waals surface area contributed by atoms with Crippen molar-refractivity contribution in [3.05, 3.63) is 60.2 Å². The van der Waals surface area contributed by atoms with E-state index in [1.54, 1.807) is 0 Å². The number of nitrogens with one attached hydrogen (secondary N) is 2. The number of para-hydroxylation sites is 2. The van der Waals surface area contributed by atoms with Crippen LogP contribution in [0.1, 0.15) is 12.0 Å². The van der Waals surface area contributed by atoms with Gasteiger partial charge in [0, 0.05) is 38.8 Å². The van der Waals surface area contributed by atoms with Gasteiger partial charge in [0.1, 0.15) is 11.9 Å². The lowest BCUT2D eigenvalue weighted by atomic mass is 10.1. The number of aliphatic imine (C=N–C) groups is 1. The third-order valence-electron chi connectivity index (χ3n) is 5.40. The van der Waals surface area contributed by atoms with Gasteiger partial charge >= 0.3 is 0 Å². The molecule has 2 aromatic carbocycles. The molecule has 1 saturated heterocycles. The number of guanidine groups is 1. The van der Waals surface area contributed by atoms with E-state index in [0.29, 0.717) is 5.92 Å². The highest BCUT2D eigenvalue weighted by Gasteiger charge is 2.24. The molecule has 0 amide bonds. The minimum atomic E-state index is 0.168. The zero-order valence-electron chi connectivity index (χ0n) is 15.9. The van der Waals surface area contributed by atoms with Gasteiger partial charge in [0.2, 0.25) is 0 Å². The quantitative estimate of drug-likeness (QED) is 0.633. The van der Waals surface area contributed by atoms with Crippen LogP contribution in [-0.2, 0) is 6.42 Å². The number of hydrogen-bond acceptors (Lipinski definition) is 3. The smallest absolute Gasteiger partial charge is 0.191 e. The van der Waals surface area contributed by atoms with Crippen molar-refractivity contribution in [3.63, 3.8) is 0 Å². The lowest BCUT2D eigenvalue weighted by Crippen LogP contribution is -2.44. The second-order valence-electron chi connectivity index (χ2n) is 7.32. The van der Waals surface area contributed by atoms with Crippen molar-refractivity contribution in [1.82, 2.24) is 10.6 Å². The largest absolute Gasteiger partial charge is 0.488 e. The topological polar surface area (TPSA) is 48.9 Å². The van der Waals surface area contributed by atoms with E-state index in [1.807, 2.05) is 19.2 Å². The Hall–Kier alpha value is -2.69. The third-order valence-corrected chi connectivity index (χ3v) is 5.40. The zero-order chi connectivity index (χ0) is 18.5. The van der Waals surface area contributed by atoms with E-state index in [0.717, 1.165) is 44.3 Å². The Morgan fingerprint density at radius 1 is 1.07 bits per heavy atom. The molecule has 142 valence electrons. The molecule has 0 bridgehead atoms. The van der Waals surface area contributed by atoms with Gasteiger partial charge in [-0.05, 0) is 36.1 Å². The summed E-state index contributed by atoms with van der Waals surface area (Å²) in [5.41, 5.74) is 2.61. The molecule has 5 heteroatoms. The van der Waals surface area contributed by atoms with Crippen molar-refractivity contribution >= 4 is 11.6 Å². The molecule has 0 saturated carbocycles. The molecule has 1 fully saturated rings. The number of nitrogens with zero attached hydrogens (tertiary/aromatic N) is 2. The van der Waals surface area contributed by atoms with Gasteiger partial charge in [0.15, 0.2) is 5.96 Å². The van der Waals surface area contributed by atoms with E-state index in [4.69, 9.17) is 4.74 Å². The molecule has 0 radical (unpaired) electrons. The Labute approximate surface area is 161 Å². The first-order chi connectivity index (χ1) is 13.3. The number of benzene rings is 2. The van der Waals surface area contributed by atoms with Crippen molar-refractivity contribution in [2.75, 3.05) is 38.1 Å². The van der Waals surface area contributed by atoms with E-state index in [2.05, 4.69) is 63.0 Å². The van der Waals surface area contributed by atoms with Crippen LogP contribution in [0, 0.1) is 5.92 Å². The first-order valence-electron chi connectivity index (χ1n) is 9.81. The van der Waals surface area contributed by atoms with Crippen molar-refractivity contribution < 1.29 is 4.74 Å². The van der Waals surface area contributed by atoms with Gasteiger partial charge in [-0.2, -0.15) is 0 Å². The van der Waals surface area contributed by atoms with E-state index in [-0.39, 0.29) is 6.10 Å². The number of anilines is 1. The highest BCUT2D eigenvalue weighted by Crippen LogP contribution is 2.27. The molecule has 27 heavy (non-hydrogen) atoms. The van der Waals surface area contributed by atoms with E-state index >= 15 is 0 Å². The van der Waals surface area contributed by atoms with Crippen LogP contribution in [0.3, 0.4) is 0 Å². The Balaban J connectivity index is 1.20. The molecule has 2 N–H and O–H groups in total. The summed E-state index contributed by atoms with van der Waals surface area (Å²) in [6.45, 7) is 3.91. The third kappa shape index (κ3) is 4.35. The molecule has 0 aromatic heterocycles. The fourth-order valence-electron chi connectivity index (χ4n) is 3.91. The van der Waals surface area contributed by atoms with Crippen LogP contribution >= 0.6 is 0 Å². The van der Waals surface area contributed by atoms with E-state index in [1.165, 1.54) is 17.7 Å². The molecular formula is C22H28N4O. The first-order valence-corrected chi connectivity index (χ1v) is 9.81. The van der Waals surface area contributed by atoms with Gasteiger partial charge in [0.25, 0.3) is 0 Å². The van der Waals surface area contributed by atoms with Crippen LogP contribution < -0.4 is 20.3 Å². The maximum Gasteiger partial charge on any atom is 0.191 e. The van der Waals surface area contributed by atoms with Crippen molar-refractivity contribution in [2.45, 2.75) is 18.9 Å². The van der Waals surface area contributed by atoms with Crippen LogP contribution in [0.2, 0.25) is 0 Å². The van der Waals surface area contributed by atoms with Gasteiger partial charge in [-0.3, -0.25) is 4.99 Å². The highest BCUT2D eigenvalue weighted by molar-refractivity contribution is 5.79. The molecule has 2 aliphatic rings. The molecule has 2 atom stereocenters. The lowest BCUT2D eigenvalue weighted by Gasteiger charge is -2.20. The first kappa shape index (κ1) is 17.7. The molecule has 2 aliphatic heterocycles. The SMILES string of the molecule is CN=C(NCC1CCN(c2ccccc2)C1)NCC1Cc2ccccc2O1. The average Bonchev–Trinajstić information content (AvgIpc) is 3.35. The minimum Gasteiger partial charge on any atom is -0.488 e. The minimum absolute atomic E-state index is 0.168. The Kier molecular flexibility index (Phi) is 5.47. The van der Waals surface area contributed by atoms with Gasteiger partial charge in [0.05, 0.1) is 6.54 Å². The van der Waals surface area contributed by atoms with E-state index in [9.17, 15) is 0 Å². The molecule has 2 aromatic rings. The standard InChI is InChI=1S/C22H28N4O/c1-23-22(25-15-20-13-18-7-5-6-10-21(18)27-20)24-14-17-11-12-26(16-17)19-8-3-2-4-9-19/h2-10,17,20H,11-16H2,1H3,(H2,23,24,25). The summed E-state index contributed by atoms with van der Waals surface area (Å²) < 4.78 is 5.99. The van der Waals surface area contributed by atoms with Crippen LogP contribution in [0.4, 0.5) is 5.69 Å². The van der Waals surface area contributed by atoms with Crippen molar-refractivity contribution in [1.29, 1.82) is 0 Å². The number of fused-ring (bicyclic) bond motifs is 1. The summed E-state index contributed by atoms with van der Waals surface area (Å²) in [6.07, 6.45) is 2.33. The highest BCUT2D eigenvalue weighted by atomic mass is 16.5. The fraction of sp³-hybridized carbons (Fsp3) is 0.409. The summed E-state index contributed by atoms with van der Waals surface area (Å²) in [7, 11) is 1.82. The van der Waals surface area contributed by atoms with Gasteiger partial charge in [-0.1, -0.05) is 36.4 Å². The predicted molar refractivity (Wildman–Crippen MR) is 111 cm³/mol. The fourth-order valence-corrected chi connectivity index (χ4v) is 3.91. The van der Waals surface area contributed by atoms with Crippen LogP contribution in [0.25, 0.3) is 0 Å². The van der Waals surface area contributed by atoms with Gasteiger partial charge in [-0.15, -0.1) is 0 Å². The number of hydrogen-bond donors (Lipinski definition) is 2. The molecular weight excluding hydrogens is 336 g/mol. The van der Waals surface area contributed by atoms with Crippen LogP contribution in [0.15, 0.2) is 59.6 Å².